The molecule has 3 nitrogen and oxygen atoms in total. The molecule has 18 heavy (non-hydrogen) atoms. The van der Waals surface area contributed by atoms with Crippen LogP contribution >= 0.6 is 0 Å². The third-order valence-corrected chi connectivity index (χ3v) is 3.32. The van der Waals surface area contributed by atoms with E-state index in [2.05, 4.69) is 11.8 Å². The van der Waals surface area contributed by atoms with E-state index < -0.39 is 0 Å². The van der Waals surface area contributed by atoms with Gasteiger partial charge >= 0.3 is 0 Å². The van der Waals surface area contributed by atoms with Crippen molar-refractivity contribution in [1.82, 2.24) is 4.90 Å². The standard InChI is InChI=1S/C14H20FN3/c1-2-8-18(11-6-7-11)9-10-4-3-5-12(13(10)15)14(16)17/h3-5,11H,2,6-9H2,1H3,(H3,16,17). The molecule has 2 rings (SSSR count). The summed E-state index contributed by atoms with van der Waals surface area (Å²) in [6, 6.07) is 5.73. The van der Waals surface area contributed by atoms with Gasteiger partial charge in [0, 0.05) is 18.2 Å². The first kappa shape index (κ1) is 13.0. The smallest absolute Gasteiger partial charge is 0.138 e. The average molecular weight is 249 g/mol. The topological polar surface area (TPSA) is 53.1 Å². The Morgan fingerprint density at radius 2 is 2.22 bits per heavy atom. The number of hydrogen-bond acceptors (Lipinski definition) is 2. The van der Waals surface area contributed by atoms with Gasteiger partial charge in [0.15, 0.2) is 0 Å². The third kappa shape index (κ3) is 2.88. The van der Waals surface area contributed by atoms with E-state index in [1.54, 1.807) is 18.2 Å². The molecule has 0 spiro atoms. The Bertz CT molecular complexity index is 441. The van der Waals surface area contributed by atoms with Crippen molar-refractivity contribution in [2.45, 2.75) is 38.8 Å². The first-order valence-electron chi connectivity index (χ1n) is 6.49. The quantitative estimate of drug-likeness (QED) is 0.601. The Kier molecular flexibility index (Phi) is 3.97. The maximum Gasteiger partial charge on any atom is 0.138 e. The van der Waals surface area contributed by atoms with Gasteiger partial charge in [-0.1, -0.05) is 19.1 Å². The van der Waals surface area contributed by atoms with Crippen LogP contribution in [0.5, 0.6) is 0 Å². The molecule has 1 aromatic carbocycles. The van der Waals surface area contributed by atoms with E-state index in [9.17, 15) is 4.39 Å². The molecule has 4 heteroatoms. The van der Waals surface area contributed by atoms with Crippen molar-refractivity contribution in [2.75, 3.05) is 6.54 Å². The SMILES string of the molecule is CCCN(Cc1cccc(C(=N)N)c1F)C1CC1. The summed E-state index contributed by atoms with van der Waals surface area (Å²) in [7, 11) is 0. The molecule has 1 aliphatic carbocycles. The second kappa shape index (κ2) is 5.48. The van der Waals surface area contributed by atoms with Crippen LogP contribution < -0.4 is 5.73 Å². The lowest BCUT2D eigenvalue weighted by Crippen LogP contribution is -2.27. The van der Waals surface area contributed by atoms with Crippen molar-refractivity contribution in [1.29, 1.82) is 5.41 Å². The number of nitrogens with two attached hydrogens (primary N) is 1. The molecule has 98 valence electrons. The number of halogens is 1. The van der Waals surface area contributed by atoms with E-state index in [1.165, 1.54) is 12.8 Å². The lowest BCUT2D eigenvalue weighted by molar-refractivity contribution is 0.252. The number of nitrogen functional groups attached to an aromatic ring is 1. The van der Waals surface area contributed by atoms with Gasteiger partial charge in [0.2, 0.25) is 0 Å². The van der Waals surface area contributed by atoms with Crippen LogP contribution in [-0.4, -0.2) is 23.3 Å². The Balaban J connectivity index is 2.17. The van der Waals surface area contributed by atoms with E-state index in [-0.39, 0.29) is 17.2 Å². The number of hydrogen-bond donors (Lipinski definition) is 2. The van der Waals surface area contributed by atoms with E-state index >= 15 is 0 Å². The van der Waals surface area contributed by atoms with Crippen LogP contribution in [0.3, 0.4) is 0 Å². The molecule has 0 bridgehead atoms. The second-order valence-corrected chi connectivity index (χ2v) is 4.89. The molecular weight excluding hydrogens is 229 g/mol. The minimum atomic E-state index is -0.341. The van der Waals surface area contributed by atoms with Crippen LogP contribution in [0.15, 0.2) is 18.2 Å². The van der Waals surface area contributed by atoms with Gasteiger partial charge in [0.05, 0.1) is 5.56 Å². The molecule has 0 heterocycles. The molecule has 0 atom stereocenters. The zero-order valence-corrected chi connectivity index (χ0v) is 10.7. The van der Waals surface area contributed by atoms with Crippen LogP contribution in [-0.2, 0) is 6.54 Å². The van der Waals surface area contributed by atoms with E-state index in [0.29, 0.717) is 18.2 Å². The van der Waals surface area contributed by atoms with Gasteiger partial charge in [-0.05, 0) is 31.9 Å². The molecular formula is C14H20FN3. The van der Waals surface area contributed by atoms with Crippen LogP contribution in [0.2, 0.25) is 0 Å². The summed E-state index contributed by atoms with van der Waals surface area (Å²) in [6.07, 6.45) is 3.51. The lowest BCUT2D eigenvalue weighted by Gasteiger charge is -2.22. The monoisotopic (exact) mass is 249 g/mol. The summed E-state index contributed by atoms with van der Waals surface area (Å²) < 4.78 is 14.2. The molecule has 1 aliphatic rings. The Morgan fingerprint density at radius 1 is 1.50 bits per heavy atom. The van der Waals surface area contributed by atoms with E-state index in [0.717, 1.165) is 13.0 Å². The van der Waals surface area contributed by atoms with Crippen molar-refractivity contribution in [2.24, 2.45) is 5.73 Å². The maximum atomic E-state index is 14.2. The average Bonchev–Trinajstić information content (AvgIpc) is 3.14. The van der Waals surface area contributed by atoms with Crippen LogP contribution in [0, 0.1) is 11.2 Å². The largest absolute Gasteiger partial charge is 0.384 e. The van der Waals surface area contributed by atoms with Gasteiger partial charge in [-0.3, -0.25) is 10.3 Å². The van der Waals surface area contributed by atoms with Crippen LogP contribution in [0.4, 0.5) is 4.39 Å². The number of benzene rings is 1. The van der Waals surface area contributed by atoms with E-state index in [4.69, 9.17) is 11.1 Å². The summed E-state index contributed by atoms with van der Waals surface area (Å²) in [6.45, 7) is 3.75. The highest BCUT2D eigenvalue weighted by Crippen LogP contribution is 2.29. The molecule has 1 fully saturated rings. The predicted molar refractivity (Wildman–Crippen MR) is 71.1 cm³/mol. The Morgan fingerprint density at radius 3 is 2.78 bits per heavy atom. The lowest BCUT2D eigenvalue weighted by atomic mass is 10.1. The highest BCUT2D eigenvalue weighted by atomic mass is 19.1. The highest BCUT2D eigenvalue weighted by molar-refractivity contribution is 5.95. The zero-order chi connectivity index (χ0) is 13.1. The third-order valence-electron chi connectivity index (χ3n) is 3.32. The maximum absolute atomic E-state index is 14.2. The molecule has 1 saturated carbocycles. The number of nitrogens with one attached hydrogen (secondary N) is 1. The summed E-state index contributed by atoms with van der Waals surface area (Å²) in [5.74, 6) is -0.547. The van der Waals surface area contributed by atoms with Gasteiger partial charge in [-0.15, -0.1) is 0 Å². The van der Waals surface area contributed by atoms with Gasteiger partial charge in [0.1, 0.15) is 11.7 Å². The first-order chi connectivity index (χ1) is 8.63. The predicted octanol–water partition coefficient (Wildman–Crippen LogP) is 2.48. The van der Waals surface area contributed by atoms with Crippen molar-refractivity contribution in [3.05, 3.63) is 35.1 Å². The first-order valence-corrected chi connectivity index (χ1v) is 6.49. The van der Waals surface area contributed by atoms with Gasteiger partial charge in [-0.2, -0.15) is 0 Å². The molecule has 0 unspecified atom stereocenters. The minimum absolute atomic E-state index is 0.206. The van der Waals surface area contributed by atoms with Crippen molar-refractivity contribution in [3.63, 3.8) is 0 Å². The normalized spacial score (nSPS) is 15.1. The van der Waals surface area contributed by atoms with Crippen molar-refractivity contribution >= 4 is 5.84 Å². The summed E-state index contributed by atoms with van der Waals surface area (Å²) in [5, 5.41) is 7.36. The molecule has 0 amide bonds. The number of nitrogens with zero attached hydrogens (tertiary/aromatic N) is 1. The minimum Gasteiger partial charge on any atom is -0.384 e. The Labute approximate surface area is 107 Å². The highest BCUT2D eigenvalue weighted by Gasteiger charge is 2.28. The summed E-state index contributed by atoms with van der Waals surface area (Å²) in [5.41, 5.74) is 6.22. The number of amidine groups is 1. The van der Waals surface area contributed by atoms with Crippen molar-refractivity contribution in [3.8, 4) is 0 Å². The fraction of sp³-hybridized carbons (Fsp3) is 0.500. The Hall–Kier alpha value is -1.42. The van der Waals surface area contributed by atoms with Crippen LogP contribution in [0.1, 0.15) is 37.3 Å². The molecule has 3 N–H and O–H groups in total. The number of rotatable bonds is 6. The molecule has 1 aromatic rings. The van der Waals surface area contributed by atoms with Gasteiger partial charge < -0.3 is 5.73 Å². The molecule has 0 aromatic heterocycles. The summed E-state index contributed by atoms with van der Waals surface area (Å²) in [4.78, 5) is 2.32. The zero-order valence-electron chi connectivity index (χ0n) is 10.7. The molecule has 0 radical (unpaired) electrons. The molecule has 0 aliphatic heterocycles. The second-order valence-electron chi connectivity index (χ2n) is 4.89. The van der Waals surface area contributed by atoms with Crippen LogP contribution in [0.25, 0.3) is 0 Å². The van der Waals surface area contributed by atoms with Gasteiger partial charge in [0.25, 0.3) is 0 Å². The van der Waals surface area contributed by atoms with Gasteiger partial charge in [-0.25, -0.2) is 4.39 Å². The van der Waals surface area contributed by atoms with Crippen molar-refractivity contribution < 1.29 is 4.39 Å². The molecule has 0 saturated heterocycles. The fourth-order valence-corrected chi connectivity index (χ4v) is 2.25. The summed E-state index contributed by atoms with van der Waals surface area (Å²) >= 11 is 0. The fourth-order valence-electron chi connectivity index (χ4n) is 2.25. The van der Waals surface area contributed by atoms with E-state index in [1.807, 2.05) is 0 Å².